The van der Waals surface area contributed by atoms with Crippen molar-refractivity contribution in [2.45, 2.75) is 11.8 Å². The van der Waals surface area contributed by atoms with Gasteiger partial charge in [-0.05, 0) is 36.8 Å². The molecule has 9 nitrogen and oxygen atoms in total. The number of amides is 1. The van der Waals surface area contributed by atoms with E-state index in [0.29, 0.717) is 23.9 Å². The Balaban J connectivity index is 1.42. The summed E-state index contributed by atoms with van der Waals surface area (Å²) < 4.78 is 38.3. The maximum absolute atomic E-state index is 12.9. The van der Waals surface area contributed by atoms with Crippen LogP contribution in [0, 0.1) is 6.92 Å². The summed E-state index contributed by atoms with van der Waals surface area (Å²) in [6.45, 7) is 2.30. The van der Waals surface area contributed by atoms with Gasteiger partial charge in [0.1, 0.15) is 0 Å². The fourth-order valence-electron chi connectivity index (χ4n) is 3.21. The van der Waals surface area contributed by atoms with Gasteiger partial charge in [-0.3, -0.25) is 10.1 Å². The number of sulfonamides is 1. The van der Waals surface area contributed by atoms with E-state index in [1.54, 1.807) is 13.0 Å². The zero-order chi connectivity index (χ0) is 22.7. The smallest absolute Gasteiger partial charge is 0.338 e. The number of hydrogen-bond donors (Lipinski definition) is 1. The molecule has 1 aliphatic heterocycles. The monoisotopic (exact) mass is 475 g/mol. The van der Waals surface area contributed by atoms with Crippen LogP contribution in [0.25, 0.3) is 10.2 Å². The molecule has 1 N–H and O–H groups in total. The van der Waals surface area contributed by atoms with Crippen LogP contribution in [0.15, 0.2) is 47.4 Å². The normalized spacial score (nSPS) is 14.9. The standard InChI is InChI=1S/C21H21N3O6S2/c1-14-6-7-15(32(27,28)24-8-10-29-11-9-24)12-16(14)20(26)30-13-19(25)23-21-22-17-4-2-3-5-18(17)31-21/h2-7,12H,8-11,13H2,1H3,(H,22,23,25). The van der Waals surface area contributed by atoms with Gasteiger partial charge in [-0.2, -0.15) is 4.31 Å². The molecule has 0 spiro atoms. The molecular formula is C21H21N3O6S2. The number of ether oxygens (including phenoxy) is 2. The minimum absolute atomic E-state index is 0.00382. The van der Waals surface area contributed by atoms with Crippen molar-refractivity contribution < 1.29 is 27.5 Å². The van der Waals surface area contributed by atoms with Crippen molar-refractivity contribution in [1.29, 1.82) is 0 Å². The lowest BCUT2D eigenvalue weighted by Crippen LogP contribution is -2.40. The summed E-state index contributed by atoms with van der Waals surface area (Å²) in [7, 11) is -3.76. The molecule has 1 amide bonds. The summed E-state index contributed by atoms with van der Waals surface area (Å²) in [5.74, 6) is -1.31. The lowest BCUT2D eigenvalue weighted by Gasteiger charge is -2.26. The minimum atomic E-state index is -3.76. The SMILES string of the molecule is Cc1ccc(S(=O)(=O)N2CCOCC2)cc1C(=O)OCC(=O)Nc1nc2ccccc2s1. The molecule has 3 aromatic rings. The maximum atomic E-state index is 12.9. The van der Waals surface area contributed by atoms with Gasteiger partial charge in [0.15, 0.2) is 11.7 Å². The van der Waals surface area contributed by atoms with E-state index in [-0.39, 0.29) is 23.5 Å². The highest BCUT2D eigenvalue weighted by Gasteiger charge is 2.27. The number of benzene rings is 2. The zero-order valence-corrected chi connectivity index (χ0v) is 18.9. The maximum Gasteiger partial charge on any atom is 0.338 e. The van der Waals surface area contributed by atoms with Crippen LogP contribution in [0.3, 0.4) is 0 Å². The van der Waals surface area contributed by atoms with Crippen LogP contribution in [-0.4, -0.2) is 62.5 Å². The molecule has 0 aliphatic carbocycles. The van der Waals surface area contributed by atoms with E-state index in [4.69, 9.17) is 9.47 Å². The first kappa shape index (κ1) is 22.3. The van der Waals surface area contributed by atoms with Gasteiger partial charge in [-0.25, -0.2) is 18.2 Å². The lowest BCUT2D eigenvalue weighted by atomic mass is 10.1. The summed E-state index contributed by atoms with van der Waals surface area (Å²) in [4.78, 5) is 29.1. The van der Waals surface area contributed by atoms with E-state index in [9.17, 15) is 18.0 Å². The van der Waals surface area contributed by atoms with E-state index in [1.165, 1.54) is 27.8 Å². The van der Waals surface area contributed by atoms with Gasteiger partial charge in [-0.15, -0.1) is 0 Å². The summed E-state index contributed by atoms with van der Waals surface area (Å²) in [5.41, 5.74) is 1.40. The van der Waals surface area contributed by atoms with Crippen LogP contribution in [0.4, 0.5) is 5.13 Å². The number of fused-ring (bicyclic) bond motifs is 1. The Morgan fingerprint density at radius 1 is 1.19 bits per heavy atom. The number of thiazole rings is 1. The zero-order valence-electron chi connectivity index (χ0n) is 17.2. The molecule has 2 aromatic carbocycles. The largest absolute Gasteiger partial charge is 0.452 e. The number of hydrogen-bond acceptors (Lipinski definition) is 8. The summed E-state index contributed by atoms with van der Waals surface area (Å²) in [6.07, 6.45) is 0. The number of morpholine rings is 1. The van der Waals surface area contributed by atoms with Crippen molar-refractivity contribution in [3.05, 3.63) is 53.6 Å². The van der Waals surface area contributed by atoms with Crippen LogP contribution in [0.5, 0.6) is 0 Å². The second-order valence-corrected chi connectivity index (χ2v) is 10.1. The van der Waals surface area contributed by atoms with Crippen LogP contribution in [-0.2, 0) is 24.3 Å². The van der Waals surface area contributed by atoms with Crippen molar-refractivity contribution in [3.8, 4) is 0 Å². The first-order valence-corrected chi connectivity index (χ1v) is 12.1. The third kappa shape index (κ3) is 4.80. The number of para-hydroxylation sites is 1. The number of carbonyl (C=O) groups is 2. The van der Waals surface area contributed by atoms with Gasteiger partial charge in [0, 0.05) is 13.1 Å². The molecule has 32 heavy (non-hydrogen) atoms. The molecule has 2 heterocycles. The van der Waals surface area contributed by atoms with Gasteiger partial charge < -0.3 is 9.47 Å². The van der Waals surface area contributed by atoms with Crippen molar-refractivity contribution in [3.63, 3.8) is 0 Å². The van der Waals surface area contributed by atoms with Crippen LogP contribution >= 0.6 is 11.3 Å². The number of aromatic nitrogens is 1. The molecular weight excluding hydrogens is 454 g/mol. The molecule has 1 aliphatic rings. The predicted molar refractivity (Wildman–Crippen MR) is 119 cm³/mol. The molecule has 11 heteroatoms. The Bertz CT molecular complexity index is 1230. The van der Waals surface area contributed by atoms with Crippen LogP contribution < -0.4 is 5.32 Å². The lowest BCUT2D eigenvalue weighted by molar-refractivity contribution is -0.119. The van der Waals surface area contributed by atoms with Crippen molar-refractivity contribution >= 4 is 48.6 Å². The number of nitrogens with zero attached hydrogens (tertiary/aromatic N) is 2. The van der Waals surface area contributed by atoms with E-state index >= 15 is 0 Å². The number of esters is 1. The highest BCUT2D eigenvalue weighted by atomic mass is 32.2. The van der Waals surface area contributed by atoms with E-state index in [2.05, 4.69) is 10.3 Å². The first-order valence-electron chi connectivity index (χ1n) is 9.86. The van der Waals surface area contributed by atoms with E-state index in [1.807, 2.05) is 24.3 Å². The Hall–Kier alpha value is -2.86. The van der Waals surface area contributed by atoms with E-state index < -0.39 is 28.5 Å². The number of anilines is 1. The molecule has 0 unspecified atom stereocenters. The summed E-state index contributed by atoms with van der Waals surface area (Å²) >= 11 is 1.31. The van der Waals surface area contributed by atoms with Crippen LogP contribution in [0.1, 0.15) is 15.9 Å². The number of carbonyl (C=O) groups excluding carboxylic acids is 2. The van der Waals surface area contributed by atoms with Gasteiger partial charge in [0.05, 0.1) is 33.9 Å². The molecule has 0 bridgehead atoms. The number of nitrogens with one attached hydrogen (secondary N) is 1. The van der Waals surface area contributed by atoms with Crippen LogP contribution in [0.2, 0.25) is 0 Å². The average Bonchev–Trinajstić information content (AvgIpc) is 3.20. The molecule has 1 fully saturated rings. The third-order valence-electron chi connectivity index (χ3n) is 4.91. The highest BCUT2D eigenvalue weighted by molar-refractivity contribution is 7.89. The highest BCUT2D eigenvalue weighted by Crippen LogP contribution is 2.25. The molecule has 0 saturated carbocycles. The van der Waals surface area contributed by atoms with Gasteiger partial charge in [0.2, 0.25) is 10.0 Å². The fourth-order valence-corrected chi connectivity index (χ4v) is 5.52. The quantitative estimate of drug-likeness (QED) is 0.545. The summed E-state index contributed by atoms with van der Waals surface area (Å²) in [5, 5.41) is 3.01. The van der Waals surface area contributed by atoms with Gasteiger partial charge >= 0.3 is 5.97 Å². The molecule has 4 rings (SSSR count). The van der Waals surface area contributed by atoms with Gasteiger partial charge in [-0.1, -0.05) is 29.5 Å². The topological polar surface area (TPSA) is 115 Å². The van der Waals surface area contributed by atoms with Crippen molar-refractivity contribution in [2.75, 3.05) is 38.2 Å². The second kappa shape index (κ2) is 9.33. The van der Waals surface area contributed by atoms with E-state index in [0.717, 1.165) is 10.2 Å². The van der Waals surface area contributed by atoms with Crippen molar-refractivity contribution in [1.82, 2.24) is 9.29 Å². The average molecular weight is 476 g/mol. The first-order chi connectivity index (χ1) is 15.3. The molecule has 168 valence electrons. The number of aryl methyl sites for hydroxylation is 1. The van der Waals surface area contributed by atoms with Gasteiger partial charge in [0.25, 0.3) is 5.91 Å². The Labute approximate surface area is 189 Å². The Morgan fingerprint density at radius 2 is 1.94 bits per heavy atom. The Morgan fingerprint density at radius 3 is 2.69 bits per heavy atom. The molecule has 0 atom stereocenters. The summed E-state index contributed by atoms with van der Waals surface area (Å²) in [6, 6.07) is 11.7. The molecule has 1 saturated heterocycles. The Kier molecular flexibility index (Phi) is 6.51. The second-order valence-electron chi connectivity index (χ2n) is 7.10. The van der Waals surface area contributed by atoms with Crippen molar-refractivity contribution in [2.24, 2.45) is 0 Å². The number of rotatable bonds is 6. The minimum Gasteiger partial charge on any atom is -0.452 e. The molecule has 0 radical (unpaired) electrons. The fraction of sp³-hybridized carbons (Fsp3) is 0.286. The third-order valence-corrected chi connectivity index (χ3v) is 7.76. The predicted octanol–water partition coefficient (Wildman–Crippen LogP) is 2.42. The molecule has 1 aromatic heterocycles.